The molecule has 6 heteroatoms. The lowest BCUT2D eigenvalue weighted by Crippen LogP contribution is -2.42. The molecule has 2 N–H and O–H groups in total. The van der Waals surface area contributed by atoms with Gasteiger partial charge in [-0.3, -0.25) is 0 Å². The fraction of sp³-hybridized carbons (Fsp3) is 0.615. The predicted octanol–water partition coefficient (Wildman–Crippen LogP) is 1.14. The molecule has 0 fully saturated rings. The van der Waals surface area contributed by atoms with Gasteiger partial charge < -0.3 is 15.2 Å². The number of hydrogen-bond donors (Lipinski definition) is 2. The number of aliphatic imine (C=N–C) groups is 1. The Morgan fingerprint density at radius 1 is 1.53 bits per heavy atom. The molecule has 6 nitrogen and oxygen atoms in total. The molecule has 0 aromatic carbocycles. The lowest BCUT2D eigenvalue weighted by molar-refractivity contribution is 0.624. The first kappa shape index (κ1) is 15.2. The highest BCUT2D eigenvalue weighted by Crippen LogP contribution is 1.99. The summed E-state index contributed by atoms with van der Waals surface area (Å²) < 4.78 is 1.94. The van der Waals surface area contributed by atoms with E-state index in [-0.39, 0.29) is 0 Å². The molecule has 1 aromatic rings. The van der Waals surface area contributed by atoms with E-state index in [4.69, 9.17) is 0 Å². The zero-order valence-corrected chi connectivity index (χ0v) is 12.3. The average molecular weight is 264 g/mol. The Morgan fingerprint density at radius 2 is 2.26 bits per heavy atom. The van der Waals surface area contributed by atoms with Crippen LogP contribution in [0.4, 0.5) is 0 Å². The van der Waals surface area contributed by atoms with E-state index < -0.39 is 0 Å². The van der Waals surface area contributed by atoms with Crippen LogP contribution in [0.3, 0.4) is 0 Å². The lowest BCUT2D eigenvalue weighted by atomic mass is 10.3. The first-order chi connectivity index (χ1) is 9.08. The van der Waals surface area contributed by atoms with Crippen molar-refractivity contribution in [1.82, 2.24) is 25.4 Å². The molecule has 0 spiro atoms. The molecule has 1 heterocycles. The van der Waals surface area contributed by atoms with E-state index >= 15 is 0 Å². The van der Waals surface area contributed by atoms with Gasteiger partial charge in [-0.05, 0) is 20.3 Å². The quantitative estimate of drug-likeness (QED) is 0.459. The largest absolute Gasteiger partial charge is 0.354 e. The molecule has 0 bridgehead atoms. The summed E-state index contributed by atoms with van der Waals surface area (Å²) >= 11 is 0. The van der Waals surface area contributed by atoms with Gasteiger partial charge in [-0.25, -0.2) is 4.99 Å². The zero-order chi connectivity index (χ0) is 14.3. The minimum Gasteiger partial charge on any atom is -0.354 e. The third kappa shape index (κ3) is 4.73. The highest BCUT2D eigenvalue weighted by atomic mass is 15.3. The van der Waals surface area contributed by atoms with Gasteiger partial charge in [0, 0.05) is 19.6 Å². The Balaban J connectivity index is 2.70. The number of nitrogens with zero attached hydrogens (tertiary/aromatic N) is 4. The van der Waals surface area contributed by atoms with E-state index in [0.717, 1.165) is 24.0 Å². The summed E-state index contributed by atoms with van der Waals surface area (Å²) in [6.07, 6.45) is 2.85. The van der Waals surface area contributed by atoms with E-state index in [0.29, 0.717) is 19.1 Å². The van der Waals surface area contributed by atoms with Crippen molar-refractivity contribution in [2.75, 3.05) is 6.54 Å². The van der Waals surface area contributed by atoms with Crippen molar-refractivity contribution in [3.63, 3.8) is 0 Å². The molecule has 0 amide bonds. The summed E-state index contributed by atoms with van der Waals surface area (Å²) in [6, 6.07) is 0.372. The summed E-state index contributed by atoms with van der Waals surface area (Å²) in [5.41, 5.74) is 0. The van der Waals surface area contributed by atoms with Crippen LogP contribution in [-0.4, -0.2) is 33.3 Å². The van der Waals surface area contributed by atoms with Crippen LogP contribution in [0.15, 0.2) is 17.6 Å². The molecular weight excluding hydrogens is 240 g/mol. The number of guanidine groups is 1. The van der Waals surface area contributed by atoms with Crippen LogP contribution >= 0.6 is 0 Å². The van der Waals surface area contributed by atoms with Gasteiger partial charge in [0.25, 0.3) is 0 Å². The van der Waals surface area contributed by atoms with Crippen molar-refractivity contribution >= 4 is 5.96 Å². The maximum Gasteiger partial charge on any atom is 0.192 e. The Morgan fingerprint density at radius 3 is 2.79 bits per heavy atom. The highest BCUT2D eigenvalue weighted by molar-refractivity contribution is 5.80. The molecule has 0 aliphatic carbocycles. The van der Waals surface area contributed by atoms with E-state index in [1.54, 1.807) is 6.08 Å². The number of nitrogens with one attached hydrogen (secondary N) is 2. The van der Waals surface area contributed by atoms with Gasteiger partial charge in [-0.15, -0.1) is 16.8 Å². The van der Waals surface area contributed by atoms with Crippen LogP contribution in [0.5, 0.6) is 0 Å². The normalized spacial score (nSPS) is 13.2. The number of aromatic nitrogens is 3. The maximum atomic E-state index is 4.52. The highest BCUT2D eigenvalue weighted by Gasteiger charge is 2.06. The van der Waals surface area contributed by atoms with Gasteiger partial charge >= 0.3 is 0 Å². The van der Waals surface area contributed by atoms with Crippen LogP contribution in [0.1, 0.15) is 31.9 Å². The molecular formula is C13H24N6. The van der Waals surface area contributed by atoms with Crippen molar-refractivity contribution in [3.8, 4) is 0 Å². The second-order valence-corrected chi connectivity index (χ2v) is 4.51. The average Bonchev–Trinajstić information content (AvgIpc) is 2.73. The topological polar surface area (TPSA) is 67.1 Å². The van der Waals surface area contributed by atoms with Crippen LogP contribution in [-0.2, 0) is 13.6 Å². The van der Waals surface area contributed by atoms with E-state index in [1.165, 1.54) is 0 Å². The summed E-state index contributed by atoms with van der Waals surface area (Å²) in [6.45, 7) is 11.1. The third-order valence-electron chi connectivity index (χ3n) is 2.97. The Hall–Kier alpha value is -1.85. The minimum absolute atomic E-state index is 0.372. The Kier molecular flexibility index (Phi) is 6.05. The summed E-state index contributed by atoms with van der Waals surface area (Å²) in [5.74, 6) is 2.51. The fourth-order valence-electron chi connectivity index (χ4n) is 1.40. The summed E-state index contributed by atoms with van der Waals surface area (Å²) in [5, 5.41) is 14.6. The third-order valence-corrected chi connectivity index (χ3v) is 2.97. The SMILES string of the molecule is C=CCNC(=NCc1nnc(C)n1C)NC(C)CC. The van der Waals surface area contributed by atoms with Crippen LogP contribution in [0, 0.1) is 6.92 Å². The first-order valence-corrected chi connectivity index (χ1v) is 6.59. The second-order valence-electron chi connectivity index (χ2n) is 4.51. The van der Waals surface area contributed by atoms with Gasteiger partial charge in [0.05, 0.1) is 0 Å². The second kappa shape index (κ2) is 7.56. The maximum absolute atomic E-state index is 4.52. The Labute approximate surface area is 115 Å². The molecule has 1 aromatic heterocycles. The molecule has 106 valence electrons. The van der Waals surface area contributed by atoms with E-state index in [1.807, 2.05) is 18.5 Å². The molecule has 0 aliphatic heterocycles. The van der Waals surface area contributed by atoms with Crippen LogP contribution in [0.25, 0.3) is 0 Å². The van der Waals surface area contributed by atoms with Gasteiger partial charge in [0.1, 0.15) is 12.4 Å². The monoisotopic (exact) mass is 264 g/mol. The van der Waals surface area contributed by atoms with Gasteiger partial charge in [0.15, 0.2) is 11.8 Å². The Bertz CT molecular complexity index is 434. The molecule has 0 saturated carbocycles. The van der Waals surface area contributed by atoms with Gasteiger partial charge in [-0.1, -0.05) is 13.0 Å². The predicted molar refractivity (Wildman–Crippen MR) is 78.0 cm³/mol. The van der Waals surface area contributed by atoms with Crippen molar-refractivity contribution < 1.29 is 0 Å². The fourth-order valence-corrected chi connectivity index (χ4v) is 1.40. The molecule has 0 saturated heterocycles. The standard InChI is InChI=1S/C13H24N6/c1-6-8-14-13(16-10(3)7-2)15-9-12-18-17-11(4)19(12)5/h6,10H,1,7-9H2,2-5H3,(H2,14,15,16). The number of rotatable bonds is 6. The van der Waals surface area contributed by atoms with Gasteiger partial charge in [0.2, 0.25) is 0 Å². The lowest BCUT2D eigenvalue weighted by Gasteiger charge is -2.16. The minimum atomic E-state index is 0.372. The van der Waals surface area contributed by atoms with E-state index in [2.05, 4.69) is 46.2 Å². The van der Waals surface area contributed by atoms with Crippen LogP contribution in [0.2, 0.25) is 0 Å². The van der Waals surface area contributed by atoms with Crippen molar-refractivity contribution in [3.05, 3.63) is 24.3 Å². The summed E-state index contributed by atoms with van der Waals surface area (Å²) in [7, 11) is 1.94. The molecule has 1 unspecified atom stereocenters. The number of aryl methyl sites for hydroxylation is 1. The van der Waals surface area contributed by atoms with Gasteiger partial charge in [-0.2, -0.15) is 0 Å². The molecule has 1 atom stereocenters. The summed E-state index contributed by atoms with van der Waals surface area (Å²) in [4.78, 5) is 4.52. The molecule has 19 heavy (non-hydrogen) atoms. The van der Waals surface area contributed by atoms with E-state index in [9.17, 15) is 0 Å². The number of hydrogen-bond acceptors (Lipinski definition) is 3. The van der Waals surface area contributed by atoms with Crippen LogP contribution < -0.4 is 10.6 Å². The van der Waals surface area contributed by atoms with Crippen molar-refractivity contribution in [2.45, 2.75) is 39.8 Å². The smallest absolute Gasteiger partial charge is 0.192 e. The van der Waals surface area contributed by atoms with Crippen molar-refractivity contribution in [1.29, 1.82) is 0 Å². The first-order valence-electron chi connectivity index (χ1n) is 6.59. The molecule has 1 rings (SSSR count). The molecule has 0 aliphatic rings. The zero-order valence-electron chi connectivity index (χ0n) is 12.3. The molecule has 0 radical (unpaired) electrons. The van der Waals surface area contributed by atoms with Crippen molar-refractivity contribution in [2.24, 2.45) is 12.0 Å².